The first-order chi connectivity index (χ1) is 11.5. The minimum Gasteiger partial charge on any atom is -0.472 e. The van der Waals surface area contributed by atoms with Gasteiger partial charge in [0.05, 0.1) is 19.1 Å². The molecule has 0 radical (unpaired) electrons. The SMILES string of the molecule is CC(C)(C)[Si](OCc1ccoc1)(c1ccccc1)c1ccccc1. The van der Waals surface area contributed by atoms with E-state index in [1.165, 1.54) is 10.4 Å². The van der Waals surface area contributed by atoms with Gasteiger partial charge >= 0.3 is 0 Å². The van der Waals surface area contributed by atoms with Crippen LogP contribution in [-0.2, 0) is 11.0 Å². The average Bonchev–Trinajstić information content (AvgIpc) is 3.10. The van der Waals surface area contributed by atoms with Gasteiger partial charge in [-0.2, -0.15) is 0 Å². The van der Waals surface area contributed by atoms with Crippen LogP contribution in [0.15, 0.2) is 83.7 Å². The number of benzene rings is 2. The summed E-state index contributed by atoms with van der Waals surface area (Å²) in [6, 6.07) is 23.3. The first-order valence-corrected chi connectivity index (χ1v) is 10.2. The molecule has 124 valence electrons. The molecule has 0 bridgehead atoms. The van der Waals surface area contributed by atoms with Gasteiger partial charge in [-0.25, -0.2) is 0 Å². The van der Waals surface area contributed by atoms with Crippen molar-refractivity contribution in [2.45, 2.75) is 32.4 Å². The second-order valence-corrected chi connectivity index (χ2v) is 11.4. The van der Waals surface area contributed by atoms with Crippen LogP contribution in [0, 0.1) is 0 Å². The predicted octanol–water partition coefficient (Wildman–Crippen LogP) is 4.36. The fourth-order valence-corrected chi connectivity index (χ4v) is 7.87. The van der Waals surface area contributed by atoms with Crippen molar-refractivity contribution < 1.29 is 8.84 Å². The molecule has 0 unspecified atom stereocenters. The van der Waals surface area contributed by atoms with Crippen molar-refractivity contribution in [3.63, 3.8) is 0 Å². The third kappa shape index (κ3) is 3.10. The predicted molar refractivity (Wildman–Crippen MR) is 101 cm³/mol. The van der Waals surface area contributed by atoms with Crippen molar-refractivity contribution in [2.75, 3.05) is 0 Å². The lowest BCUT2D eigenvalue weighted by atomic mass is 10.2. The molecule has 24 heavy (non-hydrogen) atoms. The van der Waals surface area contributed by atoms with E-state index in [9.17, 15) is 0 Å². The largest absolute Gasteiger partial charge is 0.472 e. The molecule has 0 saturated carbocycles. The lowest BCUT2D eigenvalue weighted by Crippen LogP contribution is -2.66. The van der Waals surface area contributed by atoms with Crippen molar-refractivity contribution in [3.05, 3.63) is 84.8 Å². The van der Waals surface area contributed by atoms with Gasteiger partial charge in [-0.3, -0.25) is 0 Å². The molecule has 0 N–H and O–H groups in total. The van der Waals surface area contributed by atoms with Crippen LogP contribution in [0.3, 0.4) is 0 Å². The second-order valence-electron chi connectivity index (χ2n) is 7.08. The number of hydrogen-bond acceptors (Lipinski definition) is 2. The Labute approximate surface area is 145 Å². The number of furan rings is 1. The molecule has 0 aliphatic rings. The van der Waals surface area contributed by atoms with E-state index >= 15 is 0 Å². The molecule has 0 aliphatic heterocycles. The van der Waals surface area contributed by atoms with Gasteiger partial charge in [0.1, 0.15) is 0 Å². The van der Waals surface area contributed by atoms with E-state index in [-0.39, 0.29) is 5.04 Å². The highest BCUT2D eigenvalue weighted by Crippen LogP contribution is 2.37. The smallest absolute Gasteiger partial charge is 0.261 e. The topological polar surface area (TPSA) is 22.4 Å². The summed E-state index contributed by atoms with van der Waals surface area (Å²) >= 11 is 0. The molecule has 0 atom stereocenters. The Balaban J connectivity index is 2.13. The van der Waals surface area contributed by atoms with Crippen molar-refractivity contribution in [3.8, 4) is 0 Å². The molecule has 0 saturated heterocycles. The summed E-state index contributed by atoms with van der Waals surface area (Å²) in [5, 5.41) is 2.60. The van der Waals surface area contributed by atoms with Gasteiger partial charge in [-0.15, -0.1) is 0 Å². The first-order valence-electron chi connectivity index (χ1n) is 8.30. The maximum Gasteiger partial charge on any atom is 0.261 e. The zero-order valence-corrected chi connectivity index (χ0v) is 15.5. The van der Waals surface area contributed by atoms with E-state index in [0.717, 1.165) is 5.56 Å². The summed E-state index contributed by atoms with van der Waals surface area (Å²) in [6.45, 7) is 7.42. The molecule has 0 aliphatic carbocycles. The molecule has 1 aromatic heterocycles. The van der Waals surface area contributed by atoms with Gasteiger partial charge in [0.15, 0.2) is 0 Å². The molecule has 2 aromatic carbocycles. The summed E-state index contributed by atoms with van der Waals surface area (Å²) in [6.07, 6.45) is 3.46. The van der Waals surface area contributed by atoms with Crippen LogP contribution in [0.2, 0.25) is 5.04 Å². The summed E-state index contributed by atoms with van der Waals surface area (Å²) in [4.78, 5) is 0. The normalized spacial score (nSPS) is 12.3. The Morgan fingerprint density at radius 2 is 1.38 bits per heavy atom. The van der Waals surface area contributed by atoms with Crippen molar-refractivity contribution in [1.29, 1.82) is 0 Å². The highest BCUT2D eigenvalue weighted by atomic mass is 28.4. The minimum absolute atomic E-state index is 0.000553. The third-order valence-corrected chi connectivity index (χ3v) is 9.43. The van der Waals surface area contributed by atoms with E-state index in [1.807, 2.05) is 6.07 Å². The van der Waals surface area contributed by atoms with E-state index < -0.39 is 8.32 Å². The Morgan fingerprint density at radius 3 is 1.79 bits per heavy atom. The maximum absolute atomic E-state index is 6.79. The van der Waals surface area contributed by atoms with E-state index in [0.29, 0.717) is 6.61 Å². The fraction of sp³-hybridized carbons (Fsp3) is 0.238. The van der Waals surface area contributed by atoms with Crippen LogP contribution in [0.4, 0.5) is 0 Å². The summed E-state index contributed by atoms with van der Waals surface area (Å²) in [7, 11) is -2.45. The molecule has 0 spiro atoms. The molecule has 0 amide bonds. The van der Waals surface area contributed by atoms with Gasteiger partial charge in [0, 0.05) is 5.56 Å². The summed E-state index contributed by atoms with van der Waals surface area (Å²) in [5.74, 6) is 0. The van der Waals surface area contributed by atoms with Crippen LogP contribution in [0.25, 0.3) is 0 Å². The van der Waals surface area contributed by atoms with Crippen LogP contribution in [0.5, 0.6) is 0 Å². The molecular weight excluding hydrogens is 312 g/mol. The van der Waals surface area contributed by atoms with E-state index in [2.05, 4.69) is 81.4 Å². The number of hydrogen-bond donors (Lipinski definition) is 0. The van der Waals surface area contributed by atoms with Gasteiger partial charge < -0.3 is 8.84 Å². The Morgan fingerprint density at radius 1 is 0.833 bits per heavy atom. The highest BCUT2D eigenvalue weighted by Gasteiger charge is 2.50. The first kappa shape index (κ1) is 16.7. The van der Waals surface area contributed by atoms with Crippen LogP contribution in [0.1, 0.15) is 26.3 Å². The molecule has 1 heterocycles. The number of rotatable bonds is 5. The van der Waals surface area contributed by atoms with Gasteiger partial charge in [0.2, 0.25) is 0 Å². The molecule has 3 aromatic rings. The average molecular weight is 337 g/mol. The lowest BCUT2D eigenvalue weighted by molar-refractivity contribution is 0.285. The van der Waals surface area contributed by atoms with Gasteiger partial charge in [-0.05, 0) is 21.5 Å². The van der Waals surface area contributed by atoms with Crippen molar-refractivity contribution >= 4 is 18.7 Å². The zero-order valence-electron chi connectivity index (χ0n) is 14.5. The molecular formula is C21H24O2Si. The zero-order chi connectivity index (χ0) is 17.0. The Bertz CT molecular complexity index is 704. The highest BCUT2D eigenvalue weighted by molar-refractivity contribution is 6.99. The van der Waals surface area contributed by atoms with E-state index in [1.54, 1.807) is 12.5 Å². The van der Waals surface area contributed by atoms with Crippen molar-refractivity contribution in [2.24, 2.45) is 0 Å². The van der Waals surface area contributed by atoms with Crippen LogP contribution >= 0.6 is 0 Å². The molecule has 3 rings (SSSR count). The second kappa shape index (κ2) is 6.79. The molecule has 2 nitrogen and oxygen atoms in total. The summed E-state index contributed by atoms with van der Waals surface area (Å²) in [5.41, 5.74) is 1.07. The minimum atomic E-state index is -2.45. The van der Waals surface area contributed by atoms with Crippen LogP contribution in [-0.4, -0.2) is 8.32 Å². The van der Waals surface area contributed by atoms with Gasteiger partial charge in [-0.1, -0.05) is 81.4 Å². The third-order valence-electron chi connectivity index (χ3n) is 4.45. The fourth-order valence-electron chi connectivity index (χ4n) is 3.33. The lowest BCUT2D eigenvalue weighted by Gasteiger charge is -2.43. The Kier molecular flexibility index (Phi) is 4.74. The standard InChI is InChI=1S/C21H24O2Si/c1-21(2,3)24(19-10-6-4-7-11-19,20-12-8-5-9-13-20)23-17-18-14-15-22-16-18/h4-16H,17H2,1-3H3. The summed E-state index contributed by atoms with van der Waals surface area (Å²) < 4.78 is 12.0. The van der Waals surface area contributed by atoms with Crippen LogP contribution < -0.4 is 10.4 Å². The molecule has 3 heteroatoms. The Hall–Kier alpha value is -2.10. The van der Waals surface area contributed by atoms with Gasteiger partial charge in [0.25, 0.3) is 8.32 Å². The van der Waals surface area contributed by atoms with E-state index in [4.69, 9.17) is 8.84 Å². The monoisotopic (exact) mass is 336 g/mol. The maximum atomic E-state index is 6.79. The molecule has 0 fully saturated rings. The quantitative estimate of drug-likeness (QED) is 0.646. The van der Waals surface area contributed by atoms with Crippen molar-refractivity contribution in [1.82, 2.24) is 0 Å².